The van der Waals surface area contributed by atoms with Gasteiger partial charge in [-0.15, -0.1) is 0 Å². The first-order valence-corrected chi connectivity index (χ1v) is 4.68. The minimum Gasteiger partial charge on any atom is -0.295 e. The summed E-state index contributed by atoms with van der Waals surface area (Å²) in [5.74, 6) is 0.843. The lowest BCUT2D eigenvalue weighted by Crippen LogP contribution is -2.19. The zero-order chi connectivity index (χ0) is 8.55. The third-order valence-electron chi connectivity index (χ3n) is 2.77. The highest BCUT2D eigenvalue weighted by Gasteiger charge is 2.25. The van der Waals surface area contributed by atoms with Crippen molar-refractivity contribution in [3.8, 4) is 0 Å². The predicted octanol–water partition coefficient (Wildman–Crippen LogP) is 2.63. The van der Waals surface area contributed by atoms with Crippen LogP contribution in [0.1, 0.15) is 32.6 Å². The maximum absolute atomic E-state index is 11.4. The van der Waals surface area contributed by atoms with Gasteiger partial charge in [-0.1, -0.05) is 17.7 Å². The molecule has 1 unspecified atom stereocenters. The van der Waals surface area contributed by atoms with E-state index in [0.29, 0.717) is 11.7 Å². The predicted molar refractivity (Wildman–Crippen MR) is 48.8 cm³/mol. The molecule has 0 aromatic rings. The molecule has 0 heterocycles. The van der Waals surface area contributed by atoms with E-state index < -0.39 is 0 Å². The van der Waals surface area contributed by atoms with Crippen LogP contribution in [0.25, 0.3) is 0 Å². The van der Waals surface area contributed by atoms with Gasteiger partial charge in [-0.25, -0.2) is 0 Å². The van der Waals surface area contributed by atoms with Gasteiger partial charge in [0.1, 0.15) is 0 Å². The second-order valence-corrected chi connectivity index (χ2v) is 3.80. The van der Waals surface area contributed by atoms with E-state index in [4.69, 9.17) is 0 Å². The van der Waals surface area contributed by atoms with Crippen molar-refractivity contribution >= 4 is 5.78 Å². The molecule has 0 aromatic carbocycles. The normalized spacial score (nSPS) is 29.1. The maximum atomic E-state index is 11.4. The van der Waals surface area contributed by atoms with Crippen LogP contribution in [0.15, 0.2) is 23.3 Å². The molecule has 0 radical (unpaired) electrons. The van der Waals surface area contributed by atoms with Crippen molar-refractivity contribution in [1.29, 1.82) is 0 Å². The molecule has 0 amide bonds. The van der Waals surface area contributed by atoms with Crippen molar-refractivity contribution in [3.63, 3.8) is 0 Å². The molecule has 2 rings (SSSR count). The fraction of sp³-hybridized carbons (Fsp3) is 0.545. The van der Waals surface area contributed by atoms with E-state index in [1.165, 1.54) is 12.0 Å². The van der Waals surface area contributed by atoms with Gasteiger partial charge in [-0.3, -0.25) is 4.79 Å². The lowest BCUT2D eigenvalue weighted by molar-refractivity contribution is -0.116. The summed E-state index contributed by atoms with van der Waals surface area (Å²) < 4.78 is 0. The fourth-order valence-electron chi connectivity index (χ4n) is 2.11. The minimum atomic E-state index is 0.384. The summed E-state index contributed by atoms with van der Waals surface area (Å²) in [7, 11) is 0. The van der Waals surface area contributed by atoms with Gasteiger partial charge in [0.25, 0.3) is 0 Å². The zero-order valence-corrected chi connectivity index (χ0v) is 7.47. The second kappa shape index (κ2) is 2.89. The summed E-state index contributed by atoms with van der Waals surface area (Å²) in [4.78, 5) is 11.4. The second-order valence-electron chi connectivity index (χ2n) is 3.80. The Hall–Kier alpha value is -0.850. The van der Waals surface area contributed by atoms with Crippen LogP contribution in [0, 0.1) is 5.92 Å². The highest BCUT2D eigenvalue weighted by Crippen LogP contribution is 2.32. The van der Waals surface area contributed by atoms with E-state index in [9.17, 15) is 4.79 Å². The van der Waals surface area contributed by atoms with E-state index in [-0.39, 0.29) is 0 Å². The molecule has 0 aliphatic heterocycles. The van der Waals surface area contributed by atoms with Gasteiger partial charge in [0.05, 0.1) is 0 Å². The number of ketones is 1. The van der Waals surface area contributed by atoms with Crippen LogP contribution in [0.4, 0.5) is 0 Å². The number of allylic oxidation sites excluding steroid dienone is 4. The molecule has 0 N–H and O–H groups in total. The van der Waals surface area contributed by atoms with Gasteiger partial charge in [-0.2, -0.15) is 0 Å². The van der Waals surface area contributed by atoms with Crippen LogP contribution in [-0.4, -0.2) is 5.78 Å². The molecule has 0 saturated heterocycles. The van der Waals surface area contributed by atoms with E-state index >= 15 is 0 Å². The van der Waals surface area contributed by atoms with Crippen molar-refractivity contribution in [2.24, 2.45) is 5.92 Å². The Bertz CT molecular complexity index is 271. The summed E-state index contributed by atoms with van der Waals surface area (Å²) >= 11 is 0. The standard InChI is InChI=1S/C11H14O/c1-8-5-6-10-9(7-8)3-2-4-11(10)12/h6-7,9H,2-5H2,1H3. The van der Waals surface area contributed by atoms with E-state index in [0.717, 1.165) is 24.8 Å². The Balaban J connectivity index is 2.25. The lowest BCUT2D eigenvalue weighted by atomic mass is 9.79. The Labute approximate surface area is 73.2 Å². The number of hydrogen-bond acceptors (Lipinski definition) is 1. The first kappa shape index (κ1) is 7.78. The van der Waals surface area contributed by atoms with Crippen molar-refractivity contribution in [2.45, 2.75) is 32.6 Å². The van der Waals surface area contributed by atoms with Crippen LogP contribution in [0.2, 0.25) is 0 Å². The Morgan fingerprint density at radius 2 is 2.33 bits per heavy atom. The first-order chi connectivity index (χ1) is 5.77. The molecule has 0 bridgehead atoms. The zero-order valence-electron chi connectivity index (χ0n) is 7.47. The Morgan fingerprint density at radius 1 is 1.50 bits per heavy atom. The van der Waals surface area contributed by atoms with Gasteiger partial charge in [-0.05, 0) is 31.8 Å². The number of fused-ring (bicyclic) bond motifs is 1. The monoisotopic (exact) mass is 162 g/mol. The highest BCUT2D eigenvalue weighted by molar-refractivity contribution is 5.97. The van der Waals surface area contributed by atoms with E-state index in [1.807, 2.05) is 0 Å². The molecule has 12 heavy (non-hydrogen) atoms. The summed E-state index contributed by atoms with van der Waals surface area (Å²) in [6.07, 6.45) is 8.40. The fourth-order valence-corrected chi connectivity index (χ4v) is 2.11. The van der Waals surface area contributed by atoms with Crippen molar-refractivity contribution < 1.29 is 4.79 Å². The average molecular weight is 162 g/mol. The smallest absolute Gasteiger partial charge is 0.159 e. The third-order valence-corrected chi connectivity index (χ3v) is 2.77. The quantitative estimate of drug-likeness (QED) is 0.500. The van der Waals surface area contributed by atoms with Crippen LogP contribution >= 0.6 is 0 Å². The summed E-state index contributed by atoms with van der Waals surface area (Å²) in [6.45, 7) is 2.15. The largest absolute Gasteiger partial charge is 0.295 e. The number of Topliss-reactive ketones (excluding diaryl/α,β-unsaturated/α-hetero) is 1. The Morgan fingerprint density at radius 3 is 3.17 bits per heavy atom. The van der Waals surface area contributed by atoms with E-state index in [1.54, 1.807) is 0 Å². The topological polar surface area (TPSA) is 17.1 Å². The lowest BCUT2D eigenvalue weighted by Gasteiger charge is -2.25. The molecule has 1 atom stereocenters. The van der Waals surface area contributed by atoms with E-state index in [2.05, 4.69) is 19.1 Å². The van der Waals surface area contributed by atoms with Crippen molar-refractivity contribution in [2.75, 3.05) is 0 Å². The molecule has 2 aliphatic carbocycles. The minimum absolute atomic E-state index is 0.384. The molecular formula is C11H14O. The van der Waals surface area contributed by atoms with Gasteiger partial charge in [0, 0.05) is 12.3 Å². The average Bonchev–Trinajstić information content (AvgIpc) is 2.04. The molecule has 1 fully saturated rings. The van der Waals surface area contributed by atoms with Gasteiger partial charge in [0.15, 0.2) is 5.78 Å². The summed E-state index contributed by atoms with van der Waals surface area (Å²) in [5, 5.41) is 0. The van der Waals surface area contributed by atoms with Crippen LogP contribution in [0.3, 0.4) is 0 Å². The summed E-state index contributed by atoms with van der Waals surface area (Å²) in [6, 6.07) is 0. The van der Waals surface area contributed by atoms with Crippen molar-refractivity contribution in [3.05, 3.63) is 23.3 Å². The molecule has 1 nitrogen and oxygen atoms in total. The summed E-state index contributed by atoms with van der Waals surface area (Å²) in [5.41, 5.74) is 2.50. The van der Waals surface area contributed by atoms with Crippen molar-refractivity contribution in [1.82, 2.24) is 0 Å². The van der Waals surface area contributed by atoms with Gasteiger partial charge < -0.3 is 0 Å². The maximum Gasteiger partial charge on any atom is 0.159 e. The van der Waals surface area contributed by atoms with Gasteiger partial charge in [0.2, 0.25) is 0 Å². The molecule has 64 valence electrons. The first-order valence-electron chi connectivity index (χ1n) is 4.68. The number of hydrogen-bond donors (Lipinski definition) is 0. The molecule has 0 spiro atoms. The number of rotatable bonds is 0. The third kappa shape index (κ3) is 1.24. The van der Waals surface area contributed by atoms with Crippen LogP contribution < -0.4 is 0 Å². The highest BCUT2D eigenvalue weighted by atomic mass is 16.1. The number of carbonyl (C=O) groups excluding carboxylic acids is 1. The molecule has 0 aromatic heterocycles. The molecular weight excluding hydrogens is 148 g/mol. The SMILES string of the molecule is CC1=CC2CCCC(=O)C2=CC1. The Kier molecular flexibility index (Phi) is 1.87. The molecule has 2 aliphatic rings. The van der Waals surface area contributed by atoms with Crippen LogP contribution in [0.5, 0.6) is 0 Å². The number of carbonyl (C=O) groups is 1. The molecule has 1 saturated carbocycles. The van der Waals surface area contributed by atoms with Gasteiger partial charge >= 0.3 is 0 Å². The molecule has 1 heteroatoms. The van der Waals surface area contributed by atoms with Crippen LogP contribution in [-0.2, 0) is 4.79 Å².